The van der Waals surface area contributed by atoms with Crippen LogP contribution in [0, 0.1) is 5.92 Å². The summed E-state index contributed by atoms with van der Waals surface area (Å²) in [5.74, 6) is -0.670. The summed E-state index contributed by atoms with van der Waals surface area (Å²) >= 11 is 0. The van der Waals surface area contributed by atoms with E-state index in [4.69, 9.17) is 9.47 Å². The number of ether oxygens (including phenoxy) is 2. The van der Waals surface area contributed by atoms with Crippen molar-refractivity contribution < 1.29 is 27.5 Å². The Kier molecular flexibility index (Phi) is 4.89. The second-order valence-electron chi connectivity index (χ2n) is 6.76. The van der Waals surface area contributed by atoms with Crippen LogP contribution in [0.4, 0.5) is 11.4 Å². The molecule has 4 rings (SSSR count). The van der Waals surface area contributed by atoms with Crippen LogP contribution in [0.25, 0.3) is 0 Å². The molecule has 2 aromatic rings. The molecule has 2 heterocycles. The lowest BCUT2D eigenvalue weighted by atomic mass is 10.1. The van der Waals surface area contributed by atoms with Crippen molar-refractivity contribution in [3.05, 3.63) is 42.5 Å². The minimum absolute atomic E-state index is 0.00782. The number of amides is 2. The van der Waals surface area contributed by atoms with E-state index in [1.54, 1.807) is 18.2 Å². The third-order valence-electron chi connectivity index (χ3n) is 4.67. The number of nitrogens with one attached hydrogen (secondary N) is 3. The van der Waals surface area contributed by atoms with Gasteiger partial charge in [-0.05, 0) is 37.3 Å². The van der Waals surface area contributed by atoms with E-state index < -0.39 is 33.9 Å². The van der Waals surface area contributed by atoms with Crippen molar-refractivity contribution in [2.75, 3.05) is 23.8 Å². The molecule has 0 bridgehead atoms. The Balaban J connectivity index is 1.48. The van der Waals surface area contributed by atoms with Crippen LogP contribution in [0.5, 0.6) is 11.5 Å². The summed E-state index contributed by atoms with van der Waals surface area (Å²) in [5, 5.41) is 5.17. The van der Waals surface area contributed by atoms with Crippen molar-refractivity contribution in [2.24, 2.45) is 5.92 Å². The first-order valence-corrected chi connectivity index (χ1v) is 10.5. The number of anilines is 2. The predicted octanol–water partition coefficient (Wildman–Crippen LogP) is 1.33. The zero-order chi connectivity index (χ0) is 20.6. The highest BCUT2D eigenvalue weighted by Gasteiger charge is 2.28. The number of para-hydroxylation sites is 2. The zero-order valence-electron chi connectivity index (χ0n) is 15.5. The van der Waals surface area contributed by atoms with Crippen molar-refractivity contribution >= 4 is 33.2 Å². The van der Waals surface area contributed by atoms with Crippen molar-refractivity contribution in [1.82, 2.24) is 4.72 Å². The van der Waals surface area contributed by atoms with Gasteiger partial charge in [0.15, 0.2) is 11.5 Å². The molecular formula is C19H19N3O6S. The molecule has 29 heavy (non-hydrogen) atoms. The Labute approximate surface area is 167 Å². The lowest BCUT2D eigenvalue weighted by Gasteiger charge is -2.26. The zero-order valence-corrected chi connectivity index (χ0v) is 16.3. The number of sulfonamides is 1. The first kappa shape index (κ1) is 19.2. The van der Waals surface area contributed by atoms with Gasteiger partial charge in [0.1, 0.15) is 18.6 Å². The van der Waals surface area contributed by atoms with Gasteiger partial charge in [0, 0.05) is 0 Å². The first-order valence-electron chi connectivity index (χ1n) is 8.97. The fourth-order valence-corrected chi connectivity index (χ4v) is 4.05. The number of fused-ring (bicyclic) bond motifs is 2. The molecule has 0 fully saturated rings. The van der Waals surface area contributed by atoms with Crippen LogP contribution in [0.1, 0.15) is 6.92 Å². The van der Waals surface area contributed by atoms with Crippen molar-refractivity contribution in [1.29, 1.82) is 0 Å². The molecule has 0 radical (unpaired) electrons. The van der Waals surface area contributed by atoms with E-state index in [-0.39, 0.29) is 23.7 Å². The highest BCUT2D eigenvalue weighted by molar-refractivity contribution is 7.89. The average Bonchev–Trinajstić information content (AvgIpc) is 2.82. The maximum absolute atomic E-state index is 12.7. The Morgan fingerprint density at radius 1 is 1.03 bits per heavy atom. The molecule has 0 saturated carbocycles. The molecule has 10 heteroatoms. The Hall–Kier alpha value is -3.11. The molecule has 0 spiro atoms. The Morgan fingerprint density at radius 3 is 2.48 bits per heavy atom. The molecule has 9 nitrogen and oxygen atoms in total. The Morgan fingerprint density at radius 2 is 1.72 bits per heavy atom. The van der Waals surface area contributed by atoms with Gasteiger partial charge < -0.3 is 20.1 Å². The molecule has 2 aromatic carbocycles. The van der Waals surface area contributed by atoms with Crippen LogP contribution >= 0.6 is 0 Å². The van der Waals surface area contributed by atoms with Gasteiger partial charge in [-0.3, -0.25) is 9.59 Å². The number of benzene rings is 2. The van der Waals surface area contributed by atoms with Gasteiger partial charge in [-0.1, -0.05) is 12.1 Å². The predicted molar refractivity (Wildman–Crippen MR) is 104 cm³/mol. The molecule has 2 amide bonds. The van der Waals surface area contributed by atoms with Gasteiger partial charge in [-0.2, -0.15) is 0 Å². The molecule has 2 aliphatic heterocycles. The minimum atomic E-state index is -3.88. The summed E-state index contributed by atoms with van der Waals surface area (Å²) in [5.41, 5.74) is 0.564. The number of carbonyl (C=O) groups excluding carboxylic acids is 2. The van der Waals surface area contributed by atoms with E-state index in [0.29, 0.717) is 17.2 Å². The van der Waals surface area contributed by atoms with E-state index in [1.807, 2.05) is 6.07 Å². The number of rotatable bonds is 4. The standard InChI is InChI=1S/C19H19N3O6S/c1-11-18(23)21-14-7-6-13(8-15(14)22-19(11)24)29(25,26)20-9-12-10-27-16-4-2-3-5-17(16)28-12/h2-8,11-12,20H,9-10H2,1H3,(H,21,23)(H,22,24). The van der Waals surface area contributed by atoms with E-state index in [2.05, 4.69) is 15.4 Å². The maximum Gasteiger partial charge on any atom is 0.240 e. The van der Waals surface area contributed by atoms with Crippen molar-refractivity contribution in [3.63, 3.8) is 0 Å². The molecular weight excluding hydrogens is 398 g/mol. The van der Waals surface area contributed by atoms with Gasteiger partial charge in [0.25, 0.3) is 0 Å². The molecule has 0 aliphatic carbocycles. The minimum Gasteiger partial charge on any atom is -0.486 e. The van der Waals surface area contributed by atoms with Gasteiger partial charge in [0.2, 0.25) is 21.8 Å². The molecule has 2 unspecified atom stereocenters. The molecule has 2 aliphatic rings. The monoisotopic (exact) mass is 417 g/mol. The fourth-order valence-electron chi connectivity index (χ4n) is 2.95. The van der Waals surface area contributed by atoms with Crippen LogP contribution in [-0.4, -0.2) is 39.5 Å². The first-order chi connectivity index (χ1) is 13.8. The summed E-state index contributed by atoms with van der Waals surface area (Å²) < 4.78 is 39.2. The van der Waals surface area contributed by atoms with E-state index in [9.17, 15) is 18.0 Å². The van der Waals surface area contributed by atoms with Crippen LogP contribution in [-0.2, 0) is 19.6 Å². The van der Waals surface area contributed by atoms with Crippen LogP contribution in [0.15, 0.2) is 47.4 Å². The second kappa shape index (κ2) is 7.37. The van der Waals surface area contributed by atoms with Gasteiger partial charge in [-0.25, -0.2) is 13.1 Å². The van der Waals surface area contributed by atoms with Crippen LogP contribution in [0.3, 0.4) is 0 Å². The largest absolute Gasteiger partial charge is 0.486 e. The second-order valence-corrected chi connectivity index (χ2v) is 8.52. The van der Waals surface area contributed by atoms with Crippen LogP contribution in [0.2, 0.25) is 0 Å². The van der Waals surface area contributed by atoms with Crippen molar-refractivity contribution in [2.45, 2.75) is 17.9 Å². The fraction of sp³-hybridized carbons (Fsp3) is 0.263. The molecule has 3 N–H and O–H groups in total. The van der Waals surface area contributed by atoms with Crippen LogP contribution < -0.4 is 24.8 Å². The molecule has 152 valence electrons. The van der Waals surface area contributed by atoms with E-state index >= 15 is 0 Å². The summed E-state index contributed by atoms with van der Waals surface area (Å²) in [6.45, 7) is 1.69. The molecule has 0 aromatic heterocycles. The smallest absolute Gasteiger partial charge is 0.240 e. The summed E-state index contributed by atoms with van der Waals surface area (Å²) in [7, 11) is -3.88. The van der Waals surface area contributed by atoms with E-state index in [1.165, 1.54) is 25.1 Å². The lowest BCUT2D eigenvalue weighted by molar-refractivity contribution is -0.128. The van der Waals surface area contributed by atoms with Crippen molar-refractivity contribution in [3.8, 4) is 11.5 Å². The highest BCUT2D eigenvalue weighted by Crippen LogP contribution is 2.31. The topological polar surface area (TPSA) is 123 Å². The normalized spacial score (nSPS) is 20.9. The number of carbonyl (C=O) groups is 2. The lowest BCUT2D eigenvalue weighted by Crippen LogP contribution is -2.40. The molecule has 2 atom stereocenters. The van der Waals surface area contributed by atoms with Gasteiger partial charge in [0.05, 0.1) is 22.8 Å². The quantitative estimate of drug-likeness (QED) is 0.645. The number of hydrogen-bond donors (Lipinski definition) is 3. The third-order valence-corrected chi connectivity index (χ3v) is 6.09. The third kappa shape index (κ3) is 3.89. The van der Waals surface area contributed by atoms with Gasteiger partial charge in [-0.15, -0.1) is 0 Å². The highest BCUT2D eigenvalue weighted by atomic mass is 32.2. The van der Waals surface area contributed by atoms with Gasteiger partial charge >= 0.3 is 0 Å². The Bertz CT molecular complexity index is 1090. The average molecular weight is 417 g/mol. The molecule has 0 saturated heterocycles. The summed E-state index contributed by atoms with van der Waals surface area (Å²) in [6, 6.07) is 11.3. The number of hydrogen-bond acceptors (Lipinski definition) is 6. The SMILES string of the molecule is CC1C(=O)Nc2ccc(S(=O)(=O)NCC3COc4ccccc4O3)cc2NC1=O. The maximum atomic E-state index is 12.7. The summed E-state index contributed by atoms with van der Waals surface area (Å²) in [6.07, 6.45) is -0.486. The summed E-state index contributed by atoms with van der Waals surface area (Å²) in [4.78, 5) is 23.9. The van der Waals surface area contributed by atoms with E-state index in [0.717, 1.165) is 0 Å².